The van der Waals surface area contributed by atoms with Crippen LogP contribution in [0.4, 0.5) is 0 Å². The summed E-state index contributed by atoms with van der Waals surface area (Å²) in [5.74, 6) is 0.797. The number of Topliss-reactive ketones (excluding diaryl/α,β-unsaturated/α-hetero) is 1. The van der Waals surface area contributed by atoms with E-state index in [1.165, 1.54) is 0 Å². The van der Waals surface area contributed by atoms with Crippen LogP contribution in [-0.4, -0.2) is 15.3 Å². The zero-order chi connectivity index (χ0) is 9.14. The molecule has 0 fully saturated rings. The van der Waals surface area contributed by atoms with Gasteiger partial charge in [0, 0.05) is 19.7 Å². The first-order chi connectivity index (χ1) is 5.69. The van der Waals surface area contributed by atoms with Crippen LogP contribution in [0.1, 0.15) is 29.7 Å². The maximum absolute atomic E-state index is 11.2. The third-order valence-electron chi connectivity index (χ3n) is 1.70. The molecule has 64 valence electrons. The van der Waals surface area contributed by atoms with Crippen molar-refractivity contribution in [3.05, 3.63) is 24.3 Å². The van der Waals surface area contributed by atoms with Crippen LogP contribution in [0, 0.1) is 0 Å². The Morgan fingerprint density at radius 2 is 2.50 bits per heavy atom. The Morgan fingerprint density at radius 1 is 1.83 bits per heavy atom. The van der Waals surface area contributed by atoms with E-state index in [0.29, 0.717) is 12.1 Å². The number of aryl methyl sites for hydroxylation is 1. The maximum atomic E-state index is 11.2. The van der Waals surface area contributed by atoms with Crippen molar-refractivity contribution in [3.63, 3.8) is 0 Å². The number of hydrogen-bond acceptors (Lipinski definition) is 2. The second-order valence-electron chi connectivity index (χ2n) is 2.58. The van der Waals surface area contributed by atoms with Crippen LogP contribution in [-0.2, 0) is 7.05 Å². The molecule has 1 heterocycles. The molecule has 0 unspecified atom stereocenters. The average molecular weight is 164 g/mol. The van der Waals surface area contributed by atoms with Crippen LogP contribution >= 0.6 is 0 Å². The van der Waals surface area contributed by atoms with Gasteiger partial charge in [-0.15, -0.1) is 0 Å². The SMILES string of the molecule is C=Cc1nc(C(=O)CC)cn1C. The first-order valence-corrected chi connectivity index (χ1v) is 3.88. The molecule has 0 aromatic carbocycles. The Hall–Kier alpha value is -1.38. The number of hydrogen-bond donors (Lipinski definition) is 0. The molecule has 1 rings (SSSR count). The van der Waals surface area contributed by atoms with Gasteiger partial charge in [0.05, 0.1) is 0 Å². The number of carbonyl (C=O) groups excluding carboxylic acids is 1. The van der Waals surface area contributed by atoms with E-state index in [4.69, 9.17) is 0 Å². The molecule has 3 nitrogen and oxygen atoms in total. The van der Waals surface area contributed by atoms with Crippen LogP contribution < -0.4 is 0 Å². The lowest BCUT2D eigenvalue weighted by Crippen LogP contribution is -1.95. The van der Waals surface area contributed by atoms with E-state index in [-0.39, 0.29) is 5.78 Å². The highest BCUT2D eigenvalue weighted by molar-refractivity contribution is 5.94. The van der Waals surface area contributed by atoms with E-state index in [0.717, 1.165) is 5.82 Å². The summed E-state index contributed by atoms with van der Waals surface area (Å²) in [4.78, 5) is 15.3. The molecular formula is C9H12N2O. The molecule has 0 spiro atoms. The second-order valence-corrected chi connectivity index (χ2v) is 2.58. The lowest BCUT2D eigenvalue weighted by Gasteiger charge is -1.89. The highest BCUT2D eigenvalue weighted by Gasteiger charge is 2.08. The third-order valence-corrected chi connectivity index (χ3v) is 1.70. The van der Waals surface area contributed by atoms with Gasteiger partial charge in [-0.25, -0.2) is 4.98 Å². The molecule has 0 aliphatic carbocycles. The van der Waals surface area contributed by atoms with Crippen molar-refractivity contribution < 1.29 is 4.79 Å². The monoisotopic (exact) mass is 164 g/mol. The molecule has 0 amide bonds. The number of carbonyl (C=O) groups is 1. The van der Waals surface area contributed by atoms with E-state index >= 15 is 0 Å². The number of aromatic nitrogens is 2. The molecule has 0 radical (unpaired) electrons. The molecule has 0 atom stereocenters. The Bertz CT molecular complexity index is 312. The van der Waals surface area contributed by atoms with Gasteiger partial charge in [-0.3, -0.25) is 4.79 Å². The van der Waals surface area contributed by atoms with E-state index in [1.54, 1.807) is 16.8 Å². The van der Waals surface area contributed by atoms with Gasteiger partial charge in [0.1, 0.15) is 11.5 Å². The molecule has 0 bridgehead atoms. The number of ketones is 1. The van der Waals surface area contributed by atoms with Gasteiger partial charge in [0.15, 0.2) is 5.78 Å². The fourth-order valence-electron chi connectivity index (χ4n) is 0.986. The summed E-state index contributed by atoms with van der Waals surface area (Å²) in [6, 6.07) is 0. The summed E-state index contributed by atoms with van der Waals surface area (Å²) in [7, 11) is 1.84. The minimum Gasteiger partial charge on any atom is -0.334 e. The Balaban J connectivity index is 3.04. The van der Waals surface area contributed by atoms with Crippen molar-refractivity contribution in [1.29, 1.82) is 0 Å². The molecule has 12 heavy (non-hydrogen) atoms. The molecule has 1 aromatic heterocycles. The summed E-state index contributed by atoms with van der Waals surface area (Å²) < 4.78 is 1.79. The number of nitrogens with zero attached hydrogens (tertiary/aromatic N) is 2. The number of imidazole rings is 1. The quantitative estimate of drug-likeness (QED) is 0.637. The van der Waals surface area contributed by atoms with Crippen molar-refractivity contribution in [2.45, 2.75) is 13.3 Å². The Kier molecular flexibility index (Phi) is 2.43. The Morgan fingerprint density at radius 3 is 2.92 bits per heavy atom. The van der Waals surface area contributed by atoms with Crippen LogP contribution in [0.15, 0.2) is 12.8 Å². The normalized spacial score (nSPS) is 9.83. The standard InChI is InChI=1S/C9H12N2O/c1-4-8(12)7-6-11(3)9(5-2)10-7/h5-6H,2,4H2,1,3H3. The zero-order valence-corrected chi connectivity index (χ0v) is 7.37. The molecule has 0 saturated heterocycles. The average Bonchev–Trinajstić information content (AvgIpc) is 2.45. The summed E-state index contributed by atoms with van der Waals surface area (Å²) in [6.45, 7) is 5.42. The van der Waals surface area contributed by atoms with Crippen LogP contribution in [0.5, 0.6) is 0 Å². The largest absolute Gasteiger partial charge is 0.334 e. The van der Waals surface area contributed by atoms with Gasteiger partial charge < -0.3 is 4.57 Å². The van der Waals surface area contributed by atoms with E-state index < -0.39 is 0 Å². The zero-order valence-electron chi connectivity index (χ0n) is 7.37. The Labute approximate surface area is 71.7 Å². The number of rotatable bonds is 3. The lowest BCUT2D eigenvalue weighted by molar-refractivity contribution is 0.0983. The van der Waals surface area contributed by atoms with Crippen LogP contribution in [0.3, 0.4) is 0 Å². The highest BCUT2D eigenvalue weighted by Crippen LogP contribution is 2.04. The van der Waals surface area contributed by atoms with Gasteiger partial charge in [0.2, 0.25) is 0 Å². The fraction of sp³-hybridized carbons (Fsp3) is 0.333. The smallest absolute Gasteiger partial charge is 0.182 e. The molecule has 0 aliphatic heterocycles. The molecule has 3 heteroatoms. The fourth-order valence-corrected chi connectivity index (χ4v) is 0.986. The molecular weight excluding hydrogens is 152 g/mol. The first-order valence-electron chi connectivity index (χ1n) is 3.88. The van der Waals surface area contributed by atoms with Gasteiger partial charge in [-0.1, -0.05) is 13.5 Å². The van der Waals surface area contributed by atoms with Crippen LogP contribution in [0.2, 0.25) is 0 Å². The predicted octanol–water partition coefficient (Wildman–Crippen LogP) is 1.66. The van der Waals surface area contributed by atoms with E-state index in [1.807, 2.05) is 14.0 Å². The summed E-state index contributed by atoms with van der Waals surface area (Å²) in [6.07, 6.45) is 3.85. The first kappa shape index (κ1) is 8.71. The second kappa shape index (κ2) is 3.34. The molecule has 0 N–H and O–H groups in total. The van der Waals surface area contributed by atoms with Crippen molar-refractivity contribution in [3.8, 4) is 0 Å². The highest BCUT2D eigenvalue weighted by atomic mass is 16.1. The van der Waals surface area contributed by atoms with Gasteiger partial charge in [0.25, 0.3) is 0 Å². The van der Waals surface area contributed by atoms with Crippen molar-refractivity contribution in [1.82, 2.24) is 9.55 Å². The molecule has 1 aromatic rings. The maximum Gasteiger partial charge on any atom is 0.182 e. The van der Waals surface area contributed by atoms with Crippen molar-refractivity contribution in [2.24, 2.45) is 7.05 Å². The third kappa shape index (κ3) is 1.44. The lowest BCUT2D eigenvalue weighted by atomic mass is 10.2. The summed E-state index contributed by atoms with van der Waals surface area (Å²) in [5.41, 5.74) is 0.523. The van der Waals surface area contributed by atoms with E-state index in [2.05, 4.69) is 11.6 Å². The van der Waals surface area contributed by atoms with Crippen molar-refractivity contribution >= 4 is 11.9 Å². The summed E-state index contributed by atoms with van der Waals surface area (Å²) in [5, 5.41) is 0. The topological polar surface area (TPSA) is 34.9 Å². The van der Waals surface area contributed by atoms with Gasteiger partial charge in [-0.05, 0) is 6.08 Å². The minimum atomic E-state index is 0.0682. The summed E-state index contributed by atoms with van der Waals surface area (Å²) >= 11 is 0. The predicted molar refractivity (Wildman–Crippen MR) is 47.9 cm³/mol. The van der Waals surface area contributed by atoms with E-state index in [9.17, 15) is 4.79 Å². The molecule has 0 saturated carbocycles. The minimum absolute atomic E-state index is 0.0682. The molecule has 0 aliphatic rings. The van der Waals surface area contributed by atoms with Gasteiger partial charge >= 0.3 is 0 Å². The van der Waals surface area contributed by atoms with Gasteiger partial charge in [-0.2, -0.15) is 0 Å². The van der Waals surface area contributed by atoms with Crippen molar-refractivity contribution in [2.75, 3.05) is 0 Å². The van der Waals surface area contributed by atoms with Crippen LogP contribution in [0.25, 0.3) is 6.08 Å².